The Labute approximate surface area is 103 Å². The van der Waals surface area contributed by atoms with Crippen molar-refractivity contribution in [2.24, 2.45) is 7.05 Å². The number of hydrogen-bond donors (Lipinski definition) is 2. The molecule has 0 bridgehead atoms. The number of nitrogens with zero attached hydrogens (tertiary/aromatic N) is 2. The van der Waals surface area contributed by atoms with E-state index in [0.29, 0.717) is 6.54 Å². The molecule has 1 aromatic heterocycles. The Balaban J connectivity index is 2.08. The van der Waals surface area contributed by atoms with E-state index in [1.165, 1.54) is 0 Å². The predicted octanol–water partition coefficient (Wildman–Crippen LogP) is 2.38. The Morgan fingerprint density at radius 2 is 2.31 bits per heavy atom. The third-order valence-corrected chi connectivity index (χ3v) is 3.01. The number of hydrogen-bond acceptors (Lipinski definition) is 3. The lowest BCUT2D eigenvalue weighted by molar-refractivity contribution is 0.812. The second-order valence-corrected chi connectivity index (χ2v) is 4.40. The summed E-state index contributed by atoms with van der Waals surface area (Å²) in [7, 11) is 1.97. The van der Waals surface area contributed by atoms with Gasteiger partial charge in [0.05, 0.1) is 6.54 Å². The number of nitrogens with one attached hydrogen (secondary N) is 1. The summed E-state index contributed by atoms with van der Waals surface area (Å²) >= 11 is 3.46. The van der Waals surface area contributed by atoms with Crippen molar-refractivity contribution >= 4 is 27.3 Å². The summed E-state index contributed by atoms with van der Waals surface area (Å²) in [6, 6.07) is 5.69. The van der Waals surface area contributed by atoms with Gasteiger partial charge in [-0.15, -0.1) is 0 Å². The van der Waals surface area contributed by atoms with Crippen LogP contribution in [0.4, 0.5) is 11.4 Å². The monoisotopic (exact) mass is 280 g/mol. The number of anilines is 2. The van der Waals surface area contributed by atoms with Crippen molar-refractivity contribution in [2.45, 2.75) is 6.54 Å². The van der Waals surface area contributed by atoms with Crippen LogP contribution in [0.5, 0.6) is 0 Å². The van der Waals surface area contributed by atoms with Gasteiger partial charge in [-0.2, -0.15) is 0 Å². The van der Waals surface area contributed by atoms with Gasteiger partial charge in [-0.1, -0.05) is 0 Å². The number of nitrogen functional groups attached to an aromatic ring is 1. The first-order valence-corrected chi connectivity index (χ1v) is 5.71. The molecule has 0 aliphatic carbocycles. The van der Waals surface area contributed by atoms with Crippen LogP contribution in [-0.2, 0) is 13.6 Å². The number of aryl methyl sites for hydroxylation is 1. The molecule has 16 heavy (non-hydrogen) atoms. The zero-order valence-electron chi connectivity index (χ0n) is 8.94. The highest BCUT2D eigenvalue weighted by Crippen LogP contribution is 2.24. The Hall–Kier alpha value is -1.49. The molecule has 4 nitrogen and oxygen atoms in total. The smallest absolute Gasteiger partial charge is 0.127 e. The Bertz CT molecular complexity index is 492. The van der Waals surface area contributed by atoms with Crippen LogP contribution in [0.25, 0.3) is 0 Å². The molecule has 0 radical (unpaired) electrons. The lowest BCUT2D eigenvalue weighted by atomic mass is 10.3. The maximum absolute atomic E-state index is 5.67. The van der Waals surface area contributed by atoms with Crippen LogP contribution in [0.15, 0.2) is 35.1 Å². The molecule has 5 heteroatoms. The molecule has 0 aliphatic heterocycles. The van der Waals surface area contributed by atoms with Gasteiger partial charge in [0.25, 0.3) is 0 Å². The maximum Gasteiger partial charge on any atom is 0.127 e. The molecule has 0 aliphatic rings. The molecule has 3 N–H and O–H groups in total. The molecule has 2 rings (SSSR count). The highest BCUT2D eigenvalue weighted by molar-refractivity contribution is 9.10. The normalized spacial score (nSPS) is 10.4. The van der Waals surface area contributed by atoms with Crippen molar-refractivity contribution in [2.75, 3.05) is 11.1 Å². The summed E-state index contributed by atoms with van der Waals surface area (Å²) in [5.41, 5.74) is 7.42. The topological polar surface area (TPSA) is 55.9 Å². The largest absolute Gasteiger partial charge is 0.399 e. The summed E-state index contributed by atoms with van der Waals surface area (Å²) < 4.78 is 2.94. The molecule has 0 saturated carbocycles. The molecule has 0 saturated heterocycles. The van der Waals surface area contributed by atoms with Crippen molar-refractivity contribution in [3.63, 3.8) is 0 Å². The Kier molecular flexibility index (Phi) is 3.14. The number of imidazole rings is 1. The van der Waals surface area contributed by atoms with E-state index in [9.17, 15) is 0 Å². The summed E-state index contributed by atoms with van der Waals surface area (Å²) in [5.74, 6) is 0.990. The van der Waals surface area contributed by atoms with Gasteiger partial charge < -0.3 is 15.6 Å². The third kappa shape index (κ3) is 2.36. The van der Waals surface area contributed by atoms with E-state index in [1.807, 2.05) is 36.0 Å². The van der Waals surface area contributed by atoms with Crippen LogP contribution in [0.1, 0.15) is 5.82 Å². The number of benzene rings is 1. The fourth-order valence-electron chi connectivity index (χ4n) is 1.42. The van der Waals surface area contributed by atoms with Crippen molar-refractivity contribution < 1.29 is 0 Å². The number of aromatic nitrogens is 2. The molecule has 0 amide bonds. The summed E-state index contributed by atoms with van der Waals surface area (Å²) in [6.45, 7) is 0.687. The fourth-order valence-corrected chi connectivity index (χ4v) is 1.95. The standard InChI is InChI=1S/C11H13BrN4/c1-16-5-4-14-11(16)7-15-10-3-2-8(13)6-9(10)12/h2-6,15H,7,13H2,1H3. The van der Waals surface area contributed by atoms with Gasteiger partial charge in [0.2, 0.25) is 0 Å². The fraction of sp³-hybridized carbons (Fsp3) is 0.182. The molecule has 0 unspecified atom stereocenters. The third-order valence-electron chi connectivity index (χ3n) is 2.35. The Morgan fingerprint density at radius 3 is 2.94 bits per heavy atom. The van der Waals surface area contributed by atoms with Crippen molar-refractivity contribution in [1.82, 2.24) is 9.55 Å². The quantitative estimate of drug-likeness (QED) is 0.849. The highest BCUT2D eigenvalue weighted by Gasteiger charge is 2.02. The maximum atomic E-state index is 5.67. The zero-order valence-corrected chi connectivity index (χ0v) is 10.5. The second-order valence-electron chi connectivity index (χ2n) is 3.55. The lowest BCUT2D eigenvalue weighted by Crippen LogP contribution is -2.06. The molecule has 1 aromatic carbocycles. The van der Waals surface area contributed by atoms with Crippen LogP contribution in [0.2, 0.25) is 0 Å². The molecule has 1 heterocycles. The highest BCUT2D eigenvalue weighted by atomic mass is 79.9. The summed E-state index contributed by atoms with van der Waals surface area (Å²) in [5, 5.41) is 3.30. The van der Waals surface area contributed by atoms with E-state index >= 15 is 0 Å². The number of nitrogens with two attached hydrogens (primary N) is 1. The molecule has 2 aromatic rings. The van der Waals surface area contributed by atoms with Gasteiger partial charge in [0.1, 0.15) is 5.82 Å². The first kappa shape index (κ1) is 11.0. The minimum atomic E-state index is 0.687. The number of halogens is 1. The Morgan fingerprint density at radius 1 is 1.50 bits per heavy atom. The SMILES string of the molecule is Cn1ccnc1CNc1ccc(N)cc1Br. The van der Waals surface area contributed by atoms with Crippen LogP contribution < -0.4 is 11.1 Å². The first-order chi connectivity index (χ1) is 7.66. The summed E-state index contributed by atoms with van der Waals surface area (Å²) in [4.78, 5) is 4.24. The first-order valence-electron chi connectivity index (χ1n) is 4.92. The lowest BCUT2D eigenvalue weighted by Gasteiger charge is -2.08. The van der Waals surface area contributed by atoms with Gasteiger partial charge in [-0.3, -0.25) is 0 Å². The van der Waals surface area contributed by atoms with E-state index in [4.69, 9.17) is 5.73 Å². The minimum absolute atomic E-state index is 0.687. The van der Waals surface area contributed by atoms with E-state index in [0.717, 1.165) is 21.7 Å². The molecular formula is C11H13BrN4. The van der Waals surface area contributed by atoms with Crippen LogP contribution in [0, 0.1) is 0 Å². The van der Waals surface area contributed by atoms with Gasteiger partial charge in [-0.25, -0.2) is 4.98 Å². The second kappa shape index (κ2) is 4.57. The average molecular weight is 281 g/mol. The molecule has 0 fully saturated rings. The van der Waals surface area contributed by atoms with Crippen molar-refractivity contribution in [1.29, 1.82) is 0 Å². The zero-order chi connectivity index (χ0) is 11.5. The van der Waals surface area contributed by atoms with Crippen molar-refractivity contribution in [3.8, 4) is 0 Å². The van der Waals surface area contributed by atoms with E-state index in [1.54, 1.807) is 6.20 Å². The van der Waals surface area contributed by atoms with Gasteiger partial charge in [0, 0.05) is 35.3 Å². The minimum Gasteiger partial charge on any atom is -0.399 e. The molecule has 0 spiro atoms. The molecule has 0 atom stereocenters. The molecule has 84 valence electrons. The van der Waals surface area contributed by atoms with E-state index < -0.39 is 0 Å². The van der Waals surface area contributed by atoms with E-state index in [2.05, 4.69) is 26.2 Å². The van der Waals surface area contributed by atoms with Crippen LogP contribution in [-0.4, -0.2) is 9.55 Å². The number of rotatable bonds is 3. The molecular weight excluding hydrogens is 268 g/mol. The van der Waals surface area contributed by atoms with Gasteiger partial charge in [0.15, 0.2) is 0 Å². The van der Waals surface area contributed by atoms with Crippen LogP contribution >= 0.6 is 15.9 Å². The van der Waals surface area contributed by atoms with Crippen LogP contribution in [0.3, 0.4) is 0 Å². The average Bonchev–Trinajstić information content (AvgIpc) is 2.63. The van der Waals surface area contributed by atoms with Gasteiger partial charge >= 0.3 is 0 Å². The van der Waals surface area contributed by atoms with Crippen molar-refractivity contribution in [3.05, 3.63) is 40.9 Å². The van der Waals surface area contributed by atoms with Gasteiger partial charge in [-0.05, 0) is 34.1 Å². The van der Waals surface area contributed by atoms with E-state index in [-0.39, 0.29) is 0 Å². The summed E-state index contributed by atoms with van der Waals surface area (Å²) in [6.07, 6.45) is 3.71. The predicted molar refractivity (Wildman–Crippen MR) is 69.1 cm³/mol.